The van der Waals surface area contributed by atoms with Crippen LogP contribution in [0.5, 0.6) is 0 Å². The Bertz CT molecular complexity index is 472. The number of likely N-dealkylation sites (tertiary alicyclic amines) is 1. The van der Waals surface area contributed by atoms with Crippen molar-refractivity contribution >= 4 is 5.91 Å². The third-order valence-corrected chi connectivity index (χ3v) is 4.87. The van der Waals surface area contributed by atoms with Gasteiger partial charge in [-0.15, -0.1) is 0 Å². The number of carbonyl (C=O) groups is 1. The monoisotopic (exact) mass is 294 g/mol. The van der Waals surface area contributed by atoms with Gasteiger partial charge in [-0.3, -0.25) is 4.79 Å². The number of piperidine rings is 1. The van der Waals surface area contributed by atoms with Gasteiger partial charge in [0.1, 0.15) is 5.76 Å². The minimum atomic E-state index is -0.100. The van der Waals surface area contributed by atoms with Crippen LogP contribution >= 0.6 is 0 Å². The Morgan fingerprint density at radius 1 is 1.48 bits per heavy atom. The first-order valence-electron chi connectivity index (χ1n) is 7.82. The average Bonchev–Trinajstić information content (AvgIpc) is 2.83. The number of aliphatic hydroxyl groups is 1. The van der Waals surface area contributed by atoms with Crippen molar-refractivity contribution in [2.24, 2.45) is 5.41 Å². The summed E-state index contributed by atoms with van der Waals surface area (Å²) in [7, 11) is 0. The third kappa shape index (κ3) is 3.46. The maximum Gasteiger partial charge on any atom is 0.222 e. The normalized spacial score (nSPS) is 22.6. The molecule has 2 rings (SSSR count). The molecular weight excluding hydrogens is 268 g/mol. The van der Waals surface area contributed by atoms with E-state index >= 15 is 0 Å². The molecule has 0 radical (unpaired) electrons. The summed E-state index contributed by atoms with van der Waals surface area (Å²) in [4.78, 5) is 14.3. The van der Waals surface area contributed by atoms with Crippen molar-refractivity contribution in [3.63, 3.8) is 0 Å². The molecular formula is C16H26N2O3. The predicted octanol–water partition coefficient (Wildman–Crippen LogP) is 2.24. The van der Waals surface area contributed by atoms with E-state index in [2.05, 4.69) is 12.1 Å². The Morgan fingerprint density at radius 3 is 2.81 bits per heavy atom. The van der Waals surface area contributed by atoms with Gasteiger partial charge in [0.05, 0.1) is 12.3 Å². The first kappa shape index (κ1) is 16.0. The second-order valence-corrected chi connectivity index (χ2v) is 6.23. The zero-order valence-electron chi connectivity index (χ0n) is 13.3. The Kier molecular flexibility index (Phi) is 5.04. The van der Waals surface area contributed by atoms with E-state index in [4.69, 9.17) is 4.52 Å². The lowest BCUT2D eigenvalue weighted by Gasteiger charge is -2.41. The average molecular weight is 294 g/mol. The highest BCUT2D eigenvalue weighted by Gasteiger charge is 2.35. The SMILES string of the molecule is CCC1(CO)CCCN(C(=O)CCc2c(C)noc2C)C1. The molecule has 1 unspecified atom stereocenters. The van der Waals surface area contributed by atoms with Crippen LogP contribution in [0.4, 0.5) is 0 Å². The molecule has 0 bridgehead atoms. The molecule has 21 heavy (non-hydrogen) atoms. The molecule has 1 aliphatic rings. The number of aliphatic hydroxyl groups excluding tert-OH is 1. The van der Waals surface area contributed by atoms with Gasteiger partial charge in [0, 0.05) is 30.5 Å². The smallest absolute Gasteiger partial charge is 0.222 e. The highest BCUT2D eigenvalue weighted by atomic mass is 16.5. The van der Waals surface area contributed by atoms with Crippen molar-refractivity contribution in [3.8, 4) is 0 Å². The molecule has 1 N–H and O–H groups in total. The molecule has 0 aliphatic carbocycles. The van der Waals surface area contributed by atoms with Gasteiger partial charge in [0.25, 0.3) is 0 Å². The van der Waals surface area contributed by atoms with E-state index in [9.17, 15) is 9.90 Å². The van der Waals surface area contributed by atoms with Gasteiger partial charge < -0.3 is 14.5 Å². The van der Waals surface area contributed by atoms with Gasteiger partial charge in [-0.1, -0.05) is 12.1 Å². The Morgan fingerprint density at radius 2 is 2.24 bits per heavy atom. The number of amides is 1. The number of hydrogen-bond donors (Lipinski definition) is 1. The van der Waals surface area contributed by atoms with Gasteiger partial charge in [-0.2, -0.15) is 0 Å². The predicted molar refractivity (Wildman–Crippen MR) is 79.9 cm³/mol. The number of aryl methyl sites for hydroxylation is 2. The molecule has 5 nitrogen and oxygen atoms in total. The summed E-state index contributed by atoms with van der Waals surface area (Å²) in [6.45, 7) is 7.54. The largest absolute Gasteiger partial charge is 0.396 e. The minimum absolute atomic E-state index is 0.100. The second kappa shape index (κ2) is 6.60. The third-order valence-electron chi connectivity index (χ3n) is 4.87. The van der Waals surface area contributed by atoms with Crippen LogP contribution in [0.25, 0.3) is 0 Å². The van der Waals surface area contributed by atoms with E-state index in [-0.39, 0.29) is 17.9 Å². The number of carbonyl (C=O) groups excluding carboxylic acids is 1. The topological polar surface area (TPSA) is 66.6 Å². The van der Waals surface area contributed by atoms with E-state index in [1.807, 2.05) is 18.7 Å². The Labute approximate surface area is 126 Å². The van der Waals surface area contributed by atoms with Crippen LogP contribution in [-0.2, 0) is 11.2 Å². The van der Waals surface area contributed by atoms with Gasteiger partial charge >= 0.3 is 0 Å². The summed E-state index contributed by atoms with van der Waals surface area (Å²) in [5, 5.41) is 13.6. The van der Waals surface area contributed by atoms with Gasteiger partial charge in [0.15, 0.2) is 0 Å². The van der Waals surface area contributed by atoms with Crippen molar-refractivity contribution in [1.29, 1.82) is 0 Å². The Hall–Kier alpha value is -1.36. The van der Waals surface area contributed by atoms with Gasteiger partial charge in [-0.05, 0) is 39.5 Å². The zero-order valence-corrected chi connectivity index (χ0v) is 13.3. The molecule has 1 fully saturated rings. The van der Waals surface area contributed by atoms with Crippen LogP contribution < -0.4 is 0 Å². The lowest BCUT2D eigenvalue weighted by Crippen LogP contribution is -2.47. The molecule has 1 aromatic heterocycles. The summed E-state index contributed by atoms with van der Waals surface area (Å²) in [5.74, 6) is 0.971. The fourth-order valence-corrected chi connectivity index (χ4v) is 3.20. The van der Waals surface area contributed by atoms with E-state index in [0.29, 0.717) is 19.4 Å². The van der Waals surface area contributed by atoms with Crippen molar-refractivity contribution in [2.75, 3.05) is 19.7 Å². The molecule has 118 valence electrons. The fourth-order valence-electron chi connectivity index (χ4n) is 3.20. The summed E-state index contributed by atoms with van der Waals surface area (Å²) >= 11 is 0. The summed E-state index contributed by atoms with van der Waals surface area (Å²) in [5.41, 5.74) is 1.82. The van der Waals surface area contributed by atoms with Gasteiger partial charge in [-0.25, -0.2) is 0 Å². The van der Waals surface area contributed by atoms with Crippen molar-refractivity contribution in [2.45, 2.75) is 52.9 Å². The minimum Gasteiger partial charge on any atom is -0.396 e. The summed E-state index contributed by atoms with van der Waals surface area (Å²) in [6.07, 6.45) is 4.05. The van der Waals surface area contributed by atoms with Crippen molar-refractivity contribution in [1.82, 2.24) is 10.1 Å². The Balaban J connectivity index is 1.94. The number of hydrogen-bond acceptors (Lipinski definition) is 4. The summed E-state index contributed by atoms with van der Waals surface area (Å²) < 4.78 is 5.13. The maximum atomic E-state index is 12.4. The van der Waals surface area contributed by atoms with E-state index in [0.717, 1.165) is 42.8 Å². The highest BCUT2D eigenvalue weighted by molar-refractivity contribution is 5.76. The zero-order chi connectivity index (χ0) is 15.5. The van der Waals surface area contributed by atoms with Crippen LogP contribution in [-0.4, -0.2) is 40.8 Å². The van der Waals surface area contributed by atoms with Crippen LogP contribution in [0.2, 0.25) is 0 Å². The van der Waals surface area contributed by atoms with E-state index < -0.39 is 0 Å². The lowest BCUT2D eigenvalue weighted by atomic mass is 9.78. The molecule has 0 spiro atoms. The molecule has 0 saturated carbocycles. The second-order valence-electron chi connectivity index (χ2n) is 6.23. The molecule has 0 aromatic carbocycles. The molecule has 1 aliphatic heterocycles. The number of nitrogens with zero attached hydrogens (tertiary/aromatic N) is 2. The molecule has 1 amide bonds. The molecule has 1 aromatic rings. The molecule has 1 saturated heterocycles. The first-order chi connectivity index (χ1) is 10.0. The van der Waals surface area contributed by atoms with E-state index in [1.165, 1.54) is 0 Å². The number of rotatable bonds is 5. The summed E-state index contributed by atoms with van der Waals surface area (Å²) in [6, 6.07) is 0. The van der Waals surface area contributed by atoms with Gasteiger partial charge in [0.2, 0.25) is 5.91 Å². The highest BCUT2D eigenvalue weighted by Crippen LogP contribution is 2.33. The number of aromatic nitrogens is 1. The van der Waals surface area contributed by atoms with Crippen LogP contribution in [0.1, 0.15) is 49.6 Å². The van der Waals surface area contributed by atoms with Crippen LogP contribution in [0, 0.1) is 19.3 Å². The molecule has 5 heteroatoms. The first-order valence-corrected chi connectivity index (χ1v) is 7.82. The van der Waals surface area contributed by atoms with E-state index in [1.54, 1.807) is 0 Å². The standard InChI is InChI=1S/C16H26N2O3/c1-4-16(11-19)8-5-9-18(10-16)15(20)7-6-14-12(2)17-21-13(14)3/h19H,4-11H2,1-3H3. The van der Waals surface area contributed by atoms with Crippen LogP contribution in [0.3, 0.4) is 0 Å². The molecule has 1 atom stereocenters. The fraction of sp³-hybridized carbons (Fsp3) is 0.750. The molecule has 2 heterocycles. The van der Waals surface area contributed by atoms with Crippen molar-refractivity contribution in [3.05, 3.63) is 17.0 Å². The van der Waals surface area contributed by atoms with Crippen LogP contribution in [0.15, 0.2) is 4.52 Å². The quantitative estimate of drug-likeness (QED) is 0.904. The lowest BCUT2D eigenvalue weighted by molar-refractivity contribution is -0.135. The maximum absolute atomic E-state index is 12.4. The van der Waals surface area contributed by atoms with Crippen molar-refractivity contribution < 1.29 is 14.4 Å².